The van der Waals surface area contributed by atoms with E-state index in [9.17, 15) is 19.2 Å². The Kier molecular flexibility index (Phi) is 9.96. The fourth-order valence-corrected chi connectivity index (χ4v) is 5.73. The second-order valence-corrected chi connectivity index (χ2v) is 11.1. The minimum atomic E-state index is -0.531. The van der Waals surface area contributed by atoms with Crippen LogP contribution in [0.3, 0.4) is 0 Å². The quantitative estimate of drug-likeness (QED) is 0.0878. The number of carbonyl (C=O) groups is 4. The SMILES string of the molecule is COc1cccc(/C=C(/NC(=O)c2ccccc2)C(=O)Nc2cccc(SCCCN3C(=O)c4ccccc4C3=O)c2)c1OC. The maximum Gasteiger partial charge on any atom is 0.272 e. The topological polar surface area (TPSA) is 114 Å². The molecule has 4 amide bonds. The van der Waals surface area contributed by atoms with Gasteiger partial charge in [0, 0.05) is 28.3 Å². The molecule has 0 spiro atoms. The van der Waals surface area contributed by atoms with Gasteiger partial charge in [-0.3, -0.25) is 24.1 Å². The Morgan fingerprint density at radius 1 is 0.822 bits per heavy atom. The van der Waals surface area contributed by atoms with Crippen molar-refractivity contribution in [2.24, 2.45) is 0 Å². The molecular formula is C35H31N3O6S. The van der Waals surface area contributed by atoms with Crippen molar-refractivity contribution in [1.82, 2.24) is 10.2 Å². The molecule has 1 aliphatic rings. The average Bonchev–Trinajstić information content (AvgIpc) is 3.31. The number of anilines is 1. The molecule has 0 bridgehead atoms. The molecule has 228 valence electrons. The number of para-hydroxylation sites is 1. The predicted molar refractivity (Wildman–Crippen MR) is 174 cm³/mol. The average molecular weight is 622 g/mol. The van der Waals surface area contributed by atoms with Crippen LogP contribution in [-0.2, 0) is 4.79 Å². The number of thioether (sulfide) groups is 1. The van der Waals surface area contributed by atoms with Crippen LogP contribution in [-0.4, -0.2) is 55.0 Å². The van der Waals surface area contributed by atoms with Crippen LogP contribution in [0.25, 0.3) is 6.08 Å². The Morgan fingerprint density at radius 3 is 2.20 bits per heavy atom. The van der Waals surface area contributed by atoms with E-state index >= 15 is 0 Å². The summed E-state index contributed by atoms with van der Waals surface area (Å²) in [5.74, 6) is 0.0453. The Bertz CT molecular complexity index is 1740. The summed E-state index contributed by atoms with van der Waals surface area (Å²) in [5.41, 5.74) is 2.36. The van der Waals surface area contributed by atoms with Crippen LogP contribution in [0.15, 0.2) is 108 Å². The van der Waals surface area contributed by atoms with Crippen molar-refractivity contribution < 1.29 is 28.7 Å². The van der Waals surface area contributed by atoms with Crippen LogP contribution in [0.5, 0.6) is 11.5 Å². The van der Waals surface area contributed by atoms with E-state index in [4.69, 9.17) is 9.47 Å². The lowest BCUT2D eigenvalue weighted by molar-refractivity contribution is -0.113. The molecule has 1 heterocycles. The predicted octanol–water partition coefficient (Wildman–Crippen LogP) is 5.89. The van der Waals surface area contributed by atoms with Crippen molar-refractivity contribution in [2.75, 3.05) is 31.8 Å². The number of nitrogens with one attached hydrogen (secondary N) is 2. The number of imide groups is 1. The fourth-order valence-electron chi connectivity index (χ4n) is 4.84. The van der Waals surface area contributed by atoms with Crippen LogP contribution >= 0.6 is 11.8 Å². The molecule has 0 atom stereocenters. The molecule has 0 aromatic heterocycles. The number of fused-ring (bicyclic) bond motifs is 1. The third-order valence-corrected chi connectivity index (χ3v) is 8.11. The summed E-state index contributed by atoms with van der Waals surface area (Å²) in [6.07, 6.45) is 2.14. The molecule has 2 N–H and O–H groups in total. The summed E-state index contributed by atoms with van der Waals surface area (Å²) in [5, 5.41) is 5.61. The third-order valence-electron chi connectivity index (χ3n) is 7.03. The molecule has 1 aliphatic heterocycles. The maximum absolute atomic E-state index is 13.6. The summed E-state index contributed by atoms with van der Waals surface area (Å²) in [6.45, 7) is 0.318. The molecule has 0 fully saturated rings. The maximum atomic E-state index is 13.6. The van der Waals surface area contributed by atoms with Gasteiger partial charge in [-0.05, 0) is 66.8 Å². The highest BCUT2D eigenvalue weighted by molar-refractivity contribution is 7.99. The summed E-state index contributed by atoms with van der Waals surface area (Å²) in [4.78, 5) is 54.0. The number of rotatable bonds is 12. The molecule has 0 saturated heterocycles. The van der Waals surface area contributed by atoms with Gasteiger partial charge in [-0.1, -0.05) is 48.5 Å². The number of benzene rings is 4. The van der Waals surface area contributed by atoms with Crippen molar-refractivity contribution in [2.45, 2.75) is 11.3 Å². The van der Waals surface area contributed by atoms with Crippen LogP contribution in [0.2, 0.25) is 0 Å². The molecule has 4 aromatic rings. The molecular weight excluding hydrogens is 590 g/mol. The number of hydrogen-bond donors (Lipinski definition) is 2. The Morgan fingerprint density at radius 2 is 1.51 bits per heavy atom. The van der Waals surface area contributed by atoms with Gasteiger partial charge in [0.15, 0.2) is 11.5 Å². The highest BCUT2D eigenvalue weighted by atomic mass is 32.2. The largest absolute Gasteiger partial charge is 0.493 e. The highest BCUT2D eigenvalue weighted by Gasteiger charge is 2.34. The monoisotopic (exact) mass is 621 g/mol. The van der Waals surface area contributed by atoms with Gasteiger partial charge in [0.05, 0.1) is 25.3 Å². The lowest BCUT2D eigenvalue weighted by atomic mass is 10.1. The van der Waals surface area contributed by atoms with E-state index < -0.39 is 11.8 Å². The molecule has 0 saturated carbocycles. The molecule has 5 rings (SSSR count). The first-order chi connectivity index (χ1) is 21.9. The summed E-state index contributed by atoms with van der Waals surface area (Å²) in [7, 11) is 3.02. The van der Waals surface area contributed by atoms with E-state index in [0.717, 1.165) is 4.90 Å². The number of methoxy groups -OCH3 is 2. The van der Waals surface area contributed by atoms with Gasteiger partial charge in [0.1, 0.15) is 5.70 Å². The Hall–Kier alpha value is -5.35. The summed E-state index contributed by atoms with van der Waals surface area (Å²) >= 11 is 1.54. The molecule has 0 aliphatic carbocycles. The molecule has 4 aromatic carbocycles. The number of carbonyl (C=O) groups excluding carboxylic acids is 4. The van der Waals surface area contributed by atoms with Crippen LogP contribution < -0.4 is 20.1 Å². The zero-order valence-electron chi connectivity index (χ0n) is 24.7. The van der Waals surface area contributed by atoms with Crippen LogP contribution in [0.4, 0.5) is 5.69 Å². The first-order valence-electron chi connectivity index (χ1n) is 14.2. The van der Waals surface area contributed by atoms with Gasteiger partial charge in [0.25, 0.3) is 23.6 Å². The van der Waals surface area contributed by atoms with Gasteiger partial charge in [-0.25, -0.2) is 0 Å². The van der Waals surface area contributed by atoms with Crippen molar-refractivity contribution in [3.63, 3.8) is 0 Å². The third kappa shape index (κ3) is 7.25. The van der Waals surface area contributed by atoms with Gasteiger partial charge in [-0.15, -0.1) is 11.8 Å². The van der Waals surface area contributed by atoms with Crippen LogP contribution in [0.1, 0.15) is 43.1 Å². The zero-order chi connectivity index (χ0) is 31.8. The van der Waals surface area contributed by atoms with E-state index in [1.165, 1.54) is 25.2 Å². The van der Waals surface area contributed by atoms with Crippen molar-refractivity contribution in [3.05, 3.63) is 125 Å². The second-order valence-electron chi connectivity index (χ2n) is 9.95. The van der Waals surface area contributed by atoms with Gasteiger partial charge < -0.3 is 20.1 Å². The number of nitrogens with zero attached hydrogens (tertiary/aromatic N) is 1. The zero-order valence-corrected chi connectivity index (χ0v) is 25.6. The van der Waals surface area contributed by atoms with E-state index in [1.807, 2.05) is 18.2 Å². The van der Waals surface area contributed by atoms with E-state index in [0.29, 0.717) is 58.2 Å². The van der Waals surface area contributed by atoms with E-state index in [2.05, 4.69) is 10.6 Å². The number of amides is 4. The smallest absolute Gasteiger partial charge is 0.272 e. The highest BCUT2D eigenvalue weighted by Crippen LogP contribution is 2.32. The molecule has 0 unspecified atom stereocenters. The van der Waals surface area contributed by atoms with E-state index in [-0.39, 0.29) is 17.5 Å². The normalized spacial score (nSPS) is 12.5. The van der Waals surface area contributed by atoms with Crippen molar-refractivity contribution >= 4 is 47.2 Å². The van der Waals surface area contributed by atoms with Gasteiger partial charge in [-0.2, -0.15) is 0 Å². The van der Waals surface area contributed by atoms with Crippen molar-refractivity contribution in [1.29, 1.82) is 0 Å². The lowest BCUT2D eigenvalue weighted by Crippen LogP contribution is -2.31. The molecule has 9 nitrogen and oxygen atoms in total. The van der Waals surface area contributed by atoms with Gasteiger partial charge >= 0.3 is 0 Å². The summed E-state index contributed by atoms with van der Waals surface area (Å²) < 4.78 is 10.9. The molecule has 10 heteroatoms. The standard InChI is InChI=1S/C35H31N3O6S/c1-43-30-18-8-13-24(31(30)44-2)21-29(37-32(39)23-11-4-3-5-12-23)33(40)36-25-14-9-15-26(22-25)45-20-10-19-38-34(41)27-16-6-7-17-28(27)35(38)42/h3-9,11-18,21-22H,10,19-20H2,1-2H3,(H,36,40)(H,37,39)/b29-21+. The van der Waals surface area contributed by atoms with E-state index in [1.54, 1.807) is 90.6 Å². The van der Waals surface area contributed by atoms with Crippen molar-refractivity contribution in [3.8, 4) is 11.5 Å². The first kappa shape index (κ1) is 31.1. The fraction of sp³-hybridized carbons (Fsp3) is 0.143. The first-order valence-corrected chi connectivity index (χ1v) is 15.2. The van der Waals surface area contributed by atoms with Crippen LogP contribution in [0, 0.1) is 0 Å². The minimum absolute atomic E-state index is 0.00871. The Labute approximate surface area is 265 Å². The second kappa shape index (κ2) is 14.4. The molecule has 45 heavy (non-hydrogen) atoms. The van der Waals surface area contributed by atoms with Gasteiger partial charge in [0.2, 0.25) is 0 Å². The summed E-state index contributed by atoms with van der Waals surface area (Å²) in [6, 6.07) is 28.0. The lowest BCUT2D eigenvalue weighted by Gasteiger charge is -2.14. The Balaban J connectivity index is 1.27. The minimum Gasteiger partial charge on any atom is -0.493 e. The molecule has 0 radical (unpaired) electrons. The number of hydrogen-bond acceptors (Lipinski definition) is 7. The number of ether oxygens (including phenoxy) is 2.